The molecule has 3 aliphatic rings. The first kappa shape index (κ1) is 32.2. The van der Waals surface area contributed by atoms with Gasteiger partial charge in [0.15, 0.2) is 0 Å². The molecule has 0 aromatic heterocycles. The molecule has 10 rings (SSSR count). The first-order valence-electron chi connectivity index (χ1n) is 19.0. The average Bonchev–Trinajstić information content (AvgIpc) is 3.76. The summed E-state index contributed by atoms with van der Waals surface area (Å²) in [5.74, 6) is 0. The van der Waals surface area contributed by atoms with Crippen molar-refractivity contribution in [1.82, 2.24) is 0 Å². The third kappa shape index (κ3) is 4.39. The number of benzene rings is 7. The summed E-state index contributed by atoms with van der Waals surface area (Å²) in [6.07, 6.45) is 6.28. The Kier molecular flexibility index (Phi) is 7.19. The van der Waals surface area contributed by atoms with Crippen molar-refractivity contribution >= 4 is 16.9 Å². The van der Waals surface area contributed by atoms with Gasteiger partial charge in [0.05, 0.1) is 11.1 Å². The lowest BCUT2D eigenvalue weighted by Gasteiger charge is -2.40. The predicted molar refractivity (Wildman–Crippen MR) is 227 cm³/mol. The van der Waals surface area contributed by atoms with Crippen LogP contribution >= 0.6 is 0 Å². The zero-order chi connectivity index (χ0) is 36.6. The molecule has 0 aliphatic heterocycles. The highest BCUT2D eigenvalue weighted by atomic mass is 15.2. The summed E-state index contributed by atoms with van der Waals surface area (Å²) in [6.45, 7) is 11.1. The summed E-state index contributed by atoms with van der Waals surface area (Å²) in [4.78, 5) is 2.60. The number of hydrogen-bond donors (Lipinski definition) is 0. The van der Waals surface area contributed by atoms with Crippen molar-refractivity contribution in [3.63, 3.8) is 0 Å². The standard InChI is InChI=1S/C53H41N/c1-5-6-20-44-42-24-13-17-28-48(42)53(46-26-15-11-22-40(46)41-23-12-16-27-47(41)53)51(44)54(50-32-29-37(33-35(50)2)36-18-8-7-9-19-36)38-30-31-43-39-21-10-14-25-45(39)52(3,4)49(43)34-38/h5-34H,1H2,2-4H3/b20-6-. The monoisotopic (exact) mass is 691 g/mol. The van der Waals surface area contributed by atoms with Gasteiger partial charge in [0, 0.05) is 22.4 Å². The van der Waals surface area contributed by atoms with E-state index in [2.05, 4.69) is 208 Å². The highest BCUT2D eigenvalue weighted by Gasteiger charge is 2.55. The smallest absolute Gasteiger partial charge is 0.0881 e. The zero-order valence-corrected chi connectivity index (χ0v) is 31.0. The summed E-state index contributed by atoms with van der Waals surface area (Å²) in [7, 11) is 0. The van der Waals surface area contributed by atoms with E-state index < -0.39 is 5.41 Å². The van der Waals surface area contributed by atoms with Crippen LogP contribution in [0, 0.1) is 6.92 Å². The molecule has 0 saturated heterocycles. The molecule has 1 nitrogen and oxygen atoms in total. The van der Waals surface area contributed by atoms with Gasteiger partial charge in [0.25, 0.3) is 0 Å². The lowest BCUT2D eigenvalue weighted by atomic mass is 9.71. The second-order valence-corrected chi connectivity index (χ2v) is 15.3. The summed E-state index contributed by atoms with van der Waals surface area (Å²) >= 11 is 0. The number of anilines is 2. The molecule has 0 radical (unpaired) electrons. The molecule has 0 bridgehead atoms. The maximum atomic E-state index is 4.13. The van der Waals surface area contributed by atoms with Crippen LogP contribution in [0.1, 0.15) is 52.8 Å². The summed E-state index contributed by atoms with van der Waals surface area (Å²) in [6, 6.07) is 61.0. The lowest BCUT2D eigenvalue weighted by molar-refractivity contribution is 0.660. The Morgan fingerprint density at radius 1 is 0.500 bits per heavy atom. The van der Waals surface area contributed by atoms with Gasteiger partial charge in [-0.25, -0.2) is 0 Å². The summed E-state index contributed by atoms with van der Waals surface area (Å²) < 4.78 is 0. The van der Waals surface area contributed by atoms with Gasteiger partial charge in [-0.1, -0.05) is 178 Å². The van der Waals surface area contributed by atoms with Gasteiger partial charge in [-0.2, -0.15) is 0 Å². The first-order valence-corrected chi connectivity index (χ1v) is 19.0. The number of fused-ring (bicyclic) bond motifs is 10. The van der Waals surface area contributed by atoms with Crippen LogP contribution in [0.5, 0.6) is 0 Å². The Labute approximate surface area is 318 Å². The fourth-order valence-corrected chi connectivity index (χ4v) is 9.84. The fourth-order valence-electron chi connectivity index (χ4n) is 9.84. The van der Waals surface area contributed by atoms with Gasteiger partial charge < -0.3 is 4.90 Å². The molecule has 0 heterocycles. The lowest BCUT2D eigenvalue weighted by Crippen LogP contribution is -2.36. The normalized spacial score (nSPS) is 15.2. The van der Waals surface area contributed by atoms with Gasteiger partial charge in [0.2, 0.25) is 0 Å². The van der Waals surface area contributed by atoms with Crippen molar-refractivity contribution in [2.45, 2.75) is 31.6 Å². The van der Waals surface area contributed by atoms with Crippen LogP contribution in [0.2, 0.25) is 0 Å². The Bertz CT molecular complexity index is 2680. The van der Waals surface area contributed by atoms with Crippen LogP contribution in [0.4, 0.5) is 11.4 Å². The van der Waals surface area contributed by atoms with Crippen molar-refractivity contribution in [3.05, 3.63) is 233 Å². The van der Waals surface area contributed by atoms with E-state index >= 15 is 0 Å². The number of rotatable bonds is 6. The second kappa shape index (κ2) is 12.0. The maximum absolute atomic E-state index is 4.13. The summed E-state index contributed by atoms with van der Waals surface area (Å²) in [5, 5.41) is 0. The third-order valence-electron chi connectivity index (χ3n) is 12.2. The van der Waals surface area contributed by atoms with Crippen LogP contribution in [-0.4, -0.2) is 0 Å². The van der Waals surface area contributed by atoms with Crippen LogP contribution in [0.3, 0.4) is 0 Å². The van der Waals surface area contributed by atoms with Crippen LogP contribution in [0.15, 0.2) is 194 Å². The number of hydrogen-bond acceptors (Lipinski definition) is 1. The van der Waals surface area contributed by atoms with E-state index in [-0.39, 0.29) is 5.41 Å². The molecular weight excluding hydrogens is 651 g/mol. The number of allylic oxidation sites excluding steroid dienone is 5. The highest BCUT2D eigenvalue weighted by molar-refractivity contribution is 6.00. The van der Waals surface area contributed by atoms with Crippen molar-refractivity contribution in [3.8, 4) is 33.4 Å². The van der Waals surface area contributed by atoms with Gasteiger partial charge in [-0.15, -0.1) is 0 Å². The molecule has 0 unspecified atom stereocenters. The van der Waals surface area contributed by atoms with Gasteiger partial charge >= 0.3 is 0 Å². The molecule has 0 saturated carbocycles. The first-order chi connectivity index (χ1) is 26.4. The molecule has 0 atom stereocenters. The molecule has 258 valence electrons. The SMILES string of the molecule is C=C/C=C\C1=C(N(c2ccc3c(c2)C(C)(C)c2ccccc2-3)c2ccc(-c3ccccc3)cc2C)C2(c3ccccc31)c1ccccc1-c1ccccc12. The van der Waals surface area contributed by atoms with E-state index in [9.17, 15) is 0 Å². The van der Waals surface area contributed by atoms with Crippen molar-refractivity contribution < 1.29 is 0 Å². The maximum Gasteiger partial charge on any atom is 0.0881 e. The van der Waals surface area contributed by atoms with Crippen LogP contribution in [0.25, 0.3) is 39.0 Å². The Morgan fingerprint density at radius 2 is 1.04 bits per heavy atom. The van der Waals surface area contributed by atoms with E-state index in [1.54, 1.807) is 0 Å². The summed E-state index contributed by atoms with van der Waals surface area (Å²) in [5.41, 5.74) is 20.8. The molecule has 0 N–H and O–H groups in total. The average molecular weight is 692 g/mol. The Morgan fingerprint density at radius 3 is 1.67 bits per heavy atom. The third-order valence-corrected chi connectivity index (χ3v) is 12.2. The van der Waals surface area contributed by atoms with E-state index in [4.69, 9.17) is 0 Å². The topological polar surface area (TPSA) is 3.24 Å². The molecule has 0 amide bonds. The molecule has 7 aromatic rings. The molecule has 3 aliphatic carbocycles. The molecule has 1 heteroatoms. The Balaban J connectivity index is 1.33. The second-order valence-electron chi connectivity index (χ2n) is 15.3. The van der Waals surface area contributed by atoms with E-state index in [1.807, 2.05) is 6.08 Å². The van der Waals surface area contributed by atoms with E-state index in [0.717, 1.165) is 11.4 Å². The fraction of sp³-hybridized carbons (Fsp3) is 0.0943. The van der Waals surface area contributed by atoms with Crippen LogP contribution in [-0.2, 0) is 10.8 Å². The quantitative estimate of drug-likeness (QED) is 0.157. The predicted octanol–water partition coefficient (Wildman–Crippen LogP) is 13.6. The molecule has 1 spiro atoms. The van der Waals surface area contributed by atoms with Gasteiger partial charge in [-0.3, -0.25) is 0 Å². The van der Waals surface area contributed by atoms with Gasteiger partial charge in [-0.05, 0) is 104 Å². The van der Waals surface area contributed by atoms with E-state index in [1.165, 1.54) is 83.6 Å². The number of nitrogens with zero attached hydrogens (tertiary/aromatic N) is 1. The molecule has 0 fully saturated rings. The number of aryl methyl sites for hydroxylation is 1. The zero-order valence-electron chi connectivity index (χ0n) is 31.0. The molecule has 7 aromatic carbocycles. The van der Waals surface area contributed by atoms with Gasteiger partial charge in [0.1, 0.15) is 0 Å². The minimum absolute atomic E-state index is 0.150. The minimum atomic E-state index is -0.577. The highest BCUT2D eigenvalue weighted by Crippen LogP contribution is 2.64. The van der Waals surface area contributed by atoms with Crippen molar-refractivity contribution in [1.29, 1.82) is 0 Å². The van der Waals surface area contributed by atoms with Crippen molar-refractivity contribution in [2.75, 3.05) is 4.90 Å². The molecular formula is C53H41N. The minimum Gasteiger partial charge on any atom is -0.312 e. The molecule has 54 heavy (non-hydrogen) atoms. The Hall–Kier alpha value is -6.44. The largest absolute Gasteiger partial charge is 0.312 e. The van der Waals surface area contributed by atoms with Crippen molar-refractivity contribution in [2.24, 2.45) is 0 Å². The van der Waals surface area contributed by atoms with E-state index in [0.29, 0.717) is 0 Å². The van der Waals surface area contributed by atoms with Crippen LogP contribution < -0.4 is 4.90 Å².